The molecule has 0 radical (unpaired) electrons. The van der Waals surface area contributed by atoms with Gasteiger partial charge in [-0.3, -0.25) is 0 Å². The Morgan fingerprint density at radius 3 is 1.81 bits per heavy atom. The first-order chi connectivity index (χ1) is 12.2. The molecule has 3 aromatic rings. The standard InChI is InChI=1S/C20H20N2O3S/c1-20(2,23)16-7-3-14(4-8-16)15-5-9-17(10-6-15)26(24,25)18-11-12-19(21)22-13-18/h3-13,23H,1-2H3,(H2,21,22). The number of nitrogen functional groups attached to an aromatic ring is 1. The molecule has 0 unspecified atom stereocenters. The smallest absolute Gasteiger partial charge is 0.208 e. The van der Waals surface area contributed by atoms with Crippen molar-refractivity contribution in [3.63, 3.8) is 0 Å². The third-order valence-electron chi connectivity index (χ3n) is 4.16. The molecule has 6 heteroatoms. The highest BCUT2D eigenvalue weighted by Crippen LogP contribution is 2.27. The zero-order chi connectivity index (χ0) is 18.9. The van der Waals surface area contributed by atoms with E-state index in [1.807, 2.05) is 24.3 Å². The van der Waals surface area contributed by atoms with Gasteiger partial charge in [0.25, 0.3) is 0 Å². The van der Waals surface area contributed by atoms with Crippen molar-refractivity contribution < 1.29 is 13.5 Å². The zero-order valence-electron chi connectivity index (χ0n) is 14.5. The van der Waals surface area contributed by atoms with Crippen molar-refractivity contribution in [1.82, 2.24) is 4.98 Å². The number of aromatic nitrogens is 1. The predicted octanol–water partition coefficient (Wildman–Crippen LogP) is 3.39. The Labute approximate surface area is 153 Å². The fourth-order valence-electron chi connectivity index (χ4n) is 2.58. The van der Waals surface area contributed by atoms with Gasteiger partial charge in [-0.2, -0.15) is 0 Å². The summed E-state index contributed by atoms with van der Waals surface area (Å²) in [6.45, 7) is 3.46. The first-order valence-corrected chi connectivity index (χ1v) is 9.56. The van der Waals surface area contributed by atoms with Gasteiger partial charge in [-0.15, -0.1) is 0 Å². The van der Waals surface area contributed by atoms with E-state index in [2.05, 4.69) is 4.98 Å². The Kier molecular flexibility index (Phi) is 4.56. The third kappa shape index (κ3) is 3.61. The molecule has 2 aromatic carbocycles. The third-order valence-corrected chi connectivity index (χ3v) is 5.91. The highest BCUT2D eigenvalue weighted by molar-refractivity contribution is 7.91. The van der Waals surface area contributed by atoms with Gasteiger partial charge in [0.15, 0.2) is 0 Å². The second kappa shape index (κ2) is 6.55. The summed E-state index contributed by atoms with van der Waals surface area (Å²) in [6, 6.07) is 17.1. The maximum absolute atomic E-state index is 12.6. The van der Waals surface area contributed by atoms with E-state index in [9.17, 15) is 13.5 Å². The Morgan fingerprint density at radius 2 is 1.35 bits per heavy atom. The molecule has 3 N–H and O–H groups in total. The predicted molar refractivity (Wildman–Crippen MR) is 101 cm³/mol. The van der Waals surface area contributed by atoms with Gasteiger partial charge >= 0.3 is 0 Å². The summed E-state index contributed by atoms with van der Waals surface area (Å²) in [4.78, 5) is 4.14. The number of aliphatic hydroxyl groups is 1. The number of nitrogens with two attached hydrogens (primary N) is 1. The van der Waals surface area contributed by atoms with Gasteiger partial charge in [0.1, 0.15) is 5.82 Å². The molecule has 0 bridgehead atoms. The van der Waals surface area contributed by atoms with E-state index in [0.29, 0.717) is 0 Å². The number of rotatable bonds is 4. The molecule has 0 saturated heterocycles. The van der Waals surface area contributed by atoms with E-state index in [1.54, 1.807) is 38.1 Å². The second-order valence-corrected chi connectivity index (χ2v) is 8.53. The molecular weight excluding hydrogens is 348 g/mol. The second-order valence-electron chi connectivity index (χ2n) is 6.58. The van der Waals surface area contributed by atoms with Crippen LogP contribution in [0.5, 0.6) is 0 Å². The summed E-state index contributed by atoms with van der Waals surface area (Å²) in [5.74, 6) is 0.272. The van der Waals surface area contributed by atoms with Crippen molar-refractivity contribution in [2.45, 2.75) is 29.2 Å². The molecule has 0 spiro atoms. The highest BCUT2D eigenvalue weighted by Gasteiger charge is 2.18. The van der Waals surface area contributed by atoms with E-state index in [-0.39, 0.29) is 15.6 Å². The summed E-state index contributed by atoms with van der Waals surface area (Å²) in [6.07, 6.45) is 1.26. The van der Waals surface area contributed by atoms with Gasteiger partial charge in [-0.1, -0.05) is 36.4 Å². The maximum atomic E-state index is 12.6. The molecule has 1 aromatic heterocycles. The Morgan fingerprint density at radius 1 is 0.846 bits per heavy atom. The minimum Gasteiger partial charge on any atom is -0.386 e. The SMILES string of the molecule is CC(C)(O)c1ccc(-c2ccc(S(=O)(=O)c3ccc(N)nc3)cc2)cc1. The van der Waals surface area contributed by atoms with Gasteiger partial charge in [0, 0.05) is 6.20 Å². The monoisotopic (exact) mass is 368 g/mol. The molecule has 0 atom stereocenters. The molecule has 0 fully saturated rings. The summed E-state index contributed by atoms with van der Waals surface area (Å²) in [5, 5.41) is 10.0. The first kappa shape index (κ1) is 18.1. The molecule has 5 nitrogen and oxygen atoms in total. The van der Waals surface area contributed by atoms with Crippen LogP contribution in [-0.4, -0.2) is 18.5 Å². The van der Waals surface area contributed by atoms with Crippen LogP contribution in [0.4, 0.5) is 5.82 Å². The van der Waals surface area contributed by atoms with Gasteiger partial charge in [0.2, 0.25) is 9.84 Å². The normalized spacial score (nSPS) is 12.1. The quantitative estimate of drug-likeness (QED) is 0.736. The average Bonchev–Trinajstić information content (AvgIpc) is 2.62. The number of nitrogens with zero attached hydrogens (tertiary/aromatic N) is 1. The van der Waals surface area contributed by atoms with Gasteiger partial charge in [0.05, 0.1) is 15.4 Å². The molecule has 1 heterocycles. The number of anilines is 1. The van der Waals surface area contributed by atoms with Gasteiger partial charge < -0.3 is 10.8 Å². The van der Waals surface area contributed by atoms with Crippen molar-refractivity contribution in [3.8, 4) is 11.1 Å². The molecular formula is C20H20N2O3S. The Balaban J connectivity index is 1.90. The minimum atomic E-state index is -3.63. The fraction of sp³-hybridized carbons (Fsp3) is 0.150. The molecule has 134 valence electrons. The lowest BCUT2D eigenvalue weighted by molar-refractivity contribution is 0.0786. The fourth-order valence-corrected chi connectivity index (χ4v) is 3.79. The number of sulfone groups is 1. The molecule has 3 rings (SSSR count). The van der Waals surface area contributed by atoms with Crippen molar-refractivity contribution in [2.24, 2.45) is 0 Å². The summed E-state index contributed by atoms with van der Waals surface area (Å²) >= 11 is 0. The molecule has 0 saturated carbocycles. The van der Waals surface area contributed by atoms with Crippen LogP contribution in [0.25, 0.3) is 11.1 Å². The average molecular weight is 368 g/mol. The summed E-state index contributed by atoms with van der Waals surface area (Å²) in [5.41, 5.74) is 7.26. The van der Waals surface area contributed by atoms with E-state index < -0.39 is 15.4 Å². The molecule has 0 amide bonds. The minimum absolute atomic E-state index is 0.106. The lowest BCUT2D eigenvalue weighted by Gasteiger charge is -2.18. The largest absolute Gasteiger partial charge is 0.386 e. The van der Waals surface area contributed by atoms with Crippen LogP contribution in [0.2, 0.25) is 0 Å². The summed E-state index contributed by atoms with van der Waals surface area (Å²) < 4.78 is 25.3. The first-order valence-electron chi connectivity index (χ1n) is 8.08. The molecule has 26 heavy (non-hydrogen) atoms. The van der Waals surface area contributed by atoms with Crippen molar-refractivity contribution in [2.75, 3.05) is 5.73 Å². The van der Waals surface area contributed by atoms with Crippen molar-refractivity contribution in [3.05, 3.63) is 72.4 Å². The maximum Gasteiger partial charge on any atom is 0.208 e. The van der Waals surface area contributed by atoms with Gasteiger partial charge in [-0.25, -0.2) is 13.4 Å². The lowest BCUT2D eigenvalue weighted by atomic mass is 9.95. The molecule has 0 aliphatic heterocycles. The van der Waals surface area contributed by atoms with E-state index in [1.165, 1.54) is 18.3 Å². The van der Waals surface area contributed by atoms with Crippen LogP contribution < -0.4 is 5.73 Å². The van der Waals surface area contributed by atoms with E-state index >= 15 is 0 Å². The number of benzene rings is 2. The Bertz CT molecular complexity index is 1000. The topological polar surface area (TPSA) is 93.3 Å². The van der Waals surface area contributed by atoms with Crippen LogP contribution >= 0.6 is 0 Å². The van der Waals surface area contributed by atoms with Crippen molar-refractivity contribution >= 4 is 15.7 Å². The molecule has 0 aliphatic rings. The molecule has 0 aliphatic carbocycles. The van der Waals surface area contributed by atoms with Crippen LogP contribution in [-0.2, 0) is 15.4 Å². The van der Waals surface area contributed by atoms with Crippen LogP contribution in [0, 0.1) is 0 Å². The van der Waals surface area contributed by atoms with E-state index in [4.69, 9.17) is 5.73 Å². The highest BCUT2D eigenvalue weighted by atomic mass is 32.2. The number of hydrogen-bond acceptors (Lipinski definition) is 5. The van der Waals surface area contributed by atoms with Crippen LogP contribution in [0.1, 0.15) is 19.4 Å². The lowest BCUT2D eigenvalue weighted by Crippen LogP contribution is -2.14. The summed E-state index contributed by atoms with van der Waals surface area (Å²) in [7, 11) is -3.63. The van der Waals surface area contributed by atoms with Crippen LogP contribution in [0.15, 0.2) is 76.7 Å². The van der Waals surface area contributed by atoms with E-state index in [0.717, 1.165) is 16.7 Å². The number of hydrogen-bond donors (Lipinski definition) is 2. The number of pyridine rings is 1. The Hall–Kier alpha value is -2.70. The van der Waals surface area contributed by atoms with Crippen molar-refractivity contribution in [1.29, 1.82) is 0 Å². The van der Waals surface area contributed by atoms with Gasteiger partial charge in [-0.05, 0) is 54.8 Å². The zero-order valence-corrected chi connectivity index (χ0v) is 15.4. The van der Waals surface area contributed by atoms with Crippen LogP contribution in [0.3, 0.4) is 0 Å².